The minimum Gasteiger partial charge on any atom is -0.383 e. The molecule has 31 heavy (non-hydrogen) atoms. The van der Waals surface area contributed by atoms with E-state index in [1.807, 2.05) is 19.9 Å². The highest BCUT2D eigenvalue weighted by atomic mass is 19.1. The lowest BCUT2D eigenvalue weighted by molar-refractivity contribution is 0.130. The zero-order valence-electron chi connectivity index (χ0n) is 18.0. The first-order chi connectivity index (χ1) is 15.0. The summed E-state index contributed by atoms with van der Waals surface area (Å²) in [6, 6.07) is 12.2. The van der Waals surface area contributed by atoms with Crippen LogP contribution in [0.15, 0.2) is 53.3 Å². The molecule has 0 saturated carbocycles. The second kappa shape index (κ2) is 10.2. The molecular formula is C23H27FN4O3. The number of ether oxygens (including phenoxy) is 1. The molecule has 8 heteroatoms. The van der Waals surface area contributed by atoms with E-state index in [1.165, 1.54) is 12.1 Å². The van der Waals surface area contributed by atoms with E-state index in [0.29, 0.717) is 29.7 Å². The van der Waals surface area contributed by atoms with Crippen LogP contribution in [0.2, 0.25) is 0 Å². The van der Waals surface area contributed by atoms with Crippen molar-refractivity contribution in [1.82, 2.24) is 14.5 Å². The van der Waals surface area contributed by atoms with Crippen molar-refractivity contribution in [3.8, 4) is 0 Å². The maximum absolute atomic E-state index is 14.1. The summed E-state index contributed by atoms with van der Waals surface area (Å²) >= 11 is 0. The topological polar surface area (TPSA) is 76.5 Å². The average molecular weight is 426 g/mol. The molecule has 0 radical (unpaired) electrons. The quantitative estimate of drug-likeness (QED) is 0.586. The largest absolute Gasteiger partial charge is 0.383 e. The number of urea groups is 1. The van der Waals surface area contributed by atoms with Gasteiger partial charge in [-0.25, -0.2) is 14.2 Å². The summed E-state index contributed by atoms with van der Waals surface area (Å²) in [5, 5.41) is 3.16. The minimum atomic E-state index is -0.523. The van der Waals surface area contributed by atoms with Crippen LogP contribution >= 0.6 is 0 Å². The second-order valence-corrected chi connectivity index (χ2v) is 7.06. The first-order valence-electron chi connectivity index (χ1n) is 10.3. The van der Waals surface area contributed by atoms with Crippen molar-refractivity contribution in [2.24, 2.45) is 0 Å². The van der Waals surface area contributed by atoms with Crippen molar-refractivity contribution in [2.75, 3.05) is 25.6 Å². The van der Waals surface area contributed by atoms with E-state index in [2.05, 4.69) is 5.32 Å². The molecule has 2 amide bonds. The van der Waals surface area contributed by atoms with Crippen LogP contribution in [0, 0.1) is 5.82 Å². The highest BCUT2D eigenvalue weighted by Gasteiger charge is 2.28. The third-order valence-corrected chi connectivity index (χ3v) is 5.18. The number of nitrogens with one attached hydrogen (secondary N) is 1. The van der Waals surface area contributed by atoms with Gasteiger partial charge in [0.25, 0.3) is 5.56 Å². The molecular weight excluding hydrogens is 399 g/mol. The number of rotatable bonds is 8. The van der Waals surface area contributed by atoms with Gasteiger partial charge in [-0.2, -0.15) is 0 Å². The van der Waals surface area contributed by atoms with Gasteiger partial charge in [0.15, 0.2) is 0 Å². The van der Waals surface area contributed by atoms with Crippen molar-refractivity contribution in [3.63, 3.8) is 0 Å². The normalized spacial score (nSPS) is 12.0. The monoisotopic (exact) mass is 426 g/mol. The van der Waals surface area contributed by atoms with Crippen LogP contribution in [0.5, 0.6) is 0 Å². The molecule has 1 heterocycles. The maximum Gasteiger partial charge on any atom is 0.322 e. The molecule has 1 unspecified atom stereocenters. The minimum absolute atomic E-state index is 0.0872. The first kappa shape index (κ1) is 22.4. The van der Waals surface area contributed by atoms with Gasteiger partial charge in [0, 0.05) is 20.2 Å². The number of benzene rings is 2. The molecule has 0 aliphatic heterocycles. The number of hydrogen-bond donors (Lipinski definition) is 1. The molecule has 1 N–H and O–H groups in total. The Morgan fingerprint density at radius 1 is 1.19 bits per heavy atom. The van der Waals surface area contributed by atoms with Gasteiger partial charge in [0.05, 0.1) is 29.2 Å². The number of hydrogen-bond acceptors (Lipinski definition) is 4. The summed E-state index contributed by atoms with van der Waals surface area (Å²) in [6.07, 6.45) is 0.513. The summed E-state index contributed by atoms with van der Waals surface area (Å²) < 4.78 is 20.9. The SMILES string of the molecule is CCC(c1nc2ccccc2c(=O)n1CC)N(CCOC)C(=O)Nc1ccccc1F. The molecule has 0 aliphatic rings. The van der Waals surface area contributed by atoms with E-state index >= 15 is 0 Å². The van der Waals surface area contributed by atoms with Crippen LogP contribution in [0.3, 0.4) is 0 Å². The molecule has 0 saturated heterocycles. The lowest BCUT2D eigenvalue weighted by Gasteiger charge is -2.32. The van der Waals surface area contributed by atoms with Crippen molar-refractivity contribution in [3.05, 3.63) is 70.5 Å². The number of carbonyl (C=O) groups is 1. The Bertz CT molecular complexity index is 1120. The number of nitrogens with zero attached hydrogens (tertiary/aromatic N) is 3. The van der Waals surface area contributed by atoms with Crippen LogP contribution < -0.4 is 10.9 Å². The number of methoxy groups -OCH3 is 1. The van der Waals surface area contributed by atoms with E-state index in [1.54, 1.807) is 46.9 Å². The molecule has 3 aromatic rings. The summed E-state index contributed by atoms with van der Waals surface area (Å²) in [5.41, 5.74) is 0.513. The second-order valence-electron chi connectivity index (χ2n) is 7.06. The van der Waals surface area contributed by atoms with Crippen LogP contribution in [0.4, 0.5) is 14.9 Å². The third-order valence-electron chi connectivity index (χ3n) is 5.18. The number of amides is 2. The van der Waals surface area contributed by atoms with Crippen LogP contribution in [0.1, 0.15) is 32.1 Å². The summed E-state index contributed by atoms with van der Waals surface area (Å²) in [7, 11) is 1.55. The predicted octanol–water partition coefficient (Wildman–Crippen LogP) is 4.19. The maximum atomic E-state index is 14.1. The third kappa shape index (κ3) is 4.74. The molecule has 0 spiro atoms. The van der Waals surface area contributed by atoms with Crippen molar-refractivity contribution in [1.29, 1.82) is 0 Å². The fraction of sp³-hybridized carbons (Fsp3) is 0.348. The van der Waals surface area contributed by atoms with Gasteiger partial charge in [-0.1, -0.05) is 31.2 Å². The Hall–Kier alpha value is -3.26. The van der Waals surface area contributed by atoms with Crippen LogP contribution in [0.25, 0.3) is 10.9 Å². The Morgan fingerprint density at radius 2 is 1.90 bits per heavy atom. The molecule has 2 aromatic carbocycles. The van der Waals surface area contributed by atoms with Gasteiger partial charge < -0.3 is 15.0 Å². The van der Waals surface area contributed by atoms with Gasteiger partial charge in [0.2, 0.25) is 0 Å². The van der Waals surface area contributed by atoms with Crippen molar-refractivity contribution < 1.29 is 13.9 Å². The Balaban J connectivity index is 2.06. The number of halogens is 1. The number of anilines is 1. The molecule has 0 bridgehead atoms. The molecule has 1 atom stereocenters. The van der Waals surface area contributed by atoms with E-state index < -0.39 is 17.9 Å². The number of aromatic nitrogens is 2. The average Bonchev–Trinajstić information content (AvgIpc) is 2.78. The number of fused-ring (bicyclic) bond motifs is 1. The fourth-order valence-corrected chi connectivity index (χ4v) is 3.63. The van der Waals surface area contributed by atoms with E-state index in [9.17, 15) is 14.0 Å². The molecule has 7 nitrogen and oxygen atoms in total. The standard InChI is InChI=1S/C23H27FN4O3/c1-4-20(21-25-18-12-8-6-10-16(18)22(29)27(21)5-2)28(14-15-31-3)23(30)26-19-13-9-7-11-17(19)24/h6-13,20H,4-5,14-15H2,1-3H3,(H,26,30). The van der Waals surface area contributed by atoms with Crippen molar-refractivity contribution >= 4 is 22.6 Å². The lowest BCUT2D eigenvalue weighted by Crippen LogP contribution is -2.42. The molecule has 0 aliphatic carbocycles. The Labute approximate surface area is 180 Å². The van der Waals surface area contributed by atoms with E-state index in [4.69, 9.17) is 9.72 Å². The predicted molar refractivity (Wildman–Crippen MR) is 119 cm³/mol. The molecule has 3 rings (SSSR count). The fourth-order valence-electron chi connectivity index (χ4n) is 3.63. The van der Waals surface area contributed by atoms with E-state index in [0.717, 1.165) is 0 Å². The molecule has 164 valence electrons. The number of carbonyl (C=O) groups excluding carboxylic acids is 1. The van der Waals surface area contributed by atoms with E-state index in [-0.39, 0.29) is 24.4 Å². The lowest BCUT2D eigenvalue weighted by atomic mass is 10.1. The molecule has 0 fully saturated rings. The zero-order chi connectivity index (χ0) is 22.4. The van der Waals surface area contributed by atoms with Crippen LogP contribution in [-0.2, 0) is 11.3 Å². The smallest absolute Gasteiger partial charge is 0.322 e. The Kier molecular flexibility index (Phi) is 7.36. The van der Waals surface area contributed by atoms with Gasteiger partial charge in [-0.15, -0.1) is 0 Å². The summed E-state index contributed by atoms with van der Waals surface area (Å²) in [5.74, 6) is -0.0293. The van der Waals surface area contributed by atoms with Gasteiger partial charge in [-0.05, 0) is 37.6 Å². The van der Waals surface area contributed by atoms with Gasteiger partial charge in [-0.3, -0.25) is 9.36 Å². The van der Waals surface area contributed by atoms with Gasteiger partial charge >= 0.3 is 6.03 Å². The number of para-hydroxylation sites is 2. The van der Waals surface area contributed by atoms with Crippen molar-refractivity contribution in [2.45, 2.75) is 32.9 Å². The first-order valence-corrected chi connectivity index (χ1v) is 10.3. The highest BCUT2D eigenvalue weighted by Crippen LogP contribution is 2.25. The Morgan fingerprint density at radius 3 is 2.58 bits per heavy atom. The molecule has 1 aromatic heterocycles. The van der Waals surface area contributed by atoms with Gasteiger partial charge in [0.1, 0.15) is 11.6 Å². The summed E-state index contributed by atoms with van der Waals surface area (Å²) in [4.78, 5) is 32.5. The van der Waals surface area contributed by atoms with Crippen LogP contribution in [-0.4, -0.2) is 40.7 Å². The summed E-state index contributed by atoms with van der Waals surface area (Å²) in [6.45, 7) is 4.73. The zero-order valence-corrected chi connectivity index (χ0v) is 18.0. The highest BCUT2D eigenvalue weighted by molar-refractivity contribution is 5.89.